The van der Waals surface area contributed by atoms with Crippen LogP contribution in [0.15, 0.2) is 18.2 Å². The minimum Gasteiger partial charge on any atom is -0.508 e. The minimum absolute atomic E-state index is 0.134. The van der Waals surface area contributed by atoms with Crippen molar-refractivity contribution in [3.8, 4) is 17.3 Å². The topological polar surface area (TPSA) is 128 Å². The van der Waals surface area contributed by atoms with Gasteiger partial charge in [-0.25, -0.2) is 0 Å². The fraction of sp³-hybridized carbons (Fsp3) is 0.364. The lowest BCUT2D eigenvalue weighted by atomic mass is 10.1. The first-order valence-corrected chi connectivity index (χ1v) is 10.0. The molecule has 1 saturated heterocycles. The minimum atomic E-state index is -0.626. The second-order valence-electron chi connectivity index (χ2n) is 7.99. The van der Waals surface area contributed by atoms with Gasteiger partial charge in [-0.3, -0.25) is 9.36 Å². The number of rotatable bonds is 5. The van der Waals surface area contributed by atoms with Gasteiger partial charge in [0.2, 0.25) is 5.88 Å². The number of hydrogen-bond donors (Lipinski definition) is 4. The average molecular weight is 409 g/mol. The van der Waals surface area contributed by atoms with Gasteiger partial charge in [0, 0.05) is 29.0 Å². The number of primary amides is 1. The van der Waals surface area contributed by atoms with E-state index in [2.05, 4.69) is 5.32 Å². The predicted octanol–water partition coefficient (Wildman–Crippen LogP) is 2.33. The Hall–Kier alpha value is -3.26. The summed E-state index contributed by atoms with van der Waals surface area (Å²) >= 11 is 0. The molecule has 1 atom stereocenters. The average Bonchev–Trinajstić information content (AvgIpc) is 3.30. The lowest BCUT2D eigenvalue weighted by molar-refractivity contribution is 0.100. The van der Waals surface area contributed by atoms with E-state index in [0.29, 0.717) is 40.7 Å². The third-order valence-electron chi connectivity index (χ3n) is 5.82. The summed E-state index contributed by atoms with van der Waals surface area (Å²) in [7, 11) is 0. The number of carbonyl (C=O) groups is 1. The van der Waals surface area contributed by atoms with Crippen LogP contribution in [0.1, 0.15) is 33.5 Å². The highest BCUT2D eigenvalue weighted by molar-refractivity contribution is 6.11. The Bertz CT molecular complexity index is 1150. The van der Waals surface area contributed by atoms with Crippen molar-refractivity contribution >= 4 is 22.8 Å². The number of pyridine rings is 1. The number of carbonyl (C=O) groups excluding carboxylic acids is 1. The largest absolute Gasteiger partial charge is 0.508 e. The fourth-order valence-electron chi connectivity index (χ4n) is 4.16. The standard InChI is InChI=1S/C22H27N5O3/c1-11-4-5-16(28)13(3)18(11)27-19(23)17(20(24)29)15-8-12(2)22(26-21(15)27)30-10-14-6-7-25-9-14/h4-5,8,14,25,28H,6-7,9-10,23H2,1-3H3,(H2,24,29)/t14-/m1/s1. The maximum atomic E-state index is 12.2. The van der Waals surface area contributed by atoms with Gasteiger partial charge in [0.15, 0.2) is 5.65 Å². The second-order valence-corrected chi connectivity index (χ2v) is 7.99. The lowest BCUT2D eigenvalue weighted by Crippen LogP contribution is -2.16. The van der Waals surface area contributed by atoms with Gasteiger partial charge < -0.3 is 26.6 Å². The van der Waals surface area contributed by atoms with Crippen LogP contribution in [-0.2, 0) is 0 Å². The first-order valence-electron chi connectivity index (χ1n) is 10.0. The van der Waals surface area contributed by atoms with E-state index in [-0.39, 0.29) is 17.1 Å². The van der Waals surface area contributed by atoms with Crippen LogP contribution in [0, 0.1) is 26.7 Å². The highest BCUT2D eigenvalue weighted by Crippen LogP contribution is 2.37. The molecular formula is C22H27N5O3. The van der Waals surface area contributed by atoms with E-state index in [4.69, 9.17) is 21.2 Å². The molecule has 1 aromatic carbocycles. The van der Waals surface area contributed by atoms with Gasteiger partial charge in [0.25, 0.3) is 5.91 Å². The van der Waals surface area contributed by atoms with Crippen LogP contribution in [-0.4, -0.2) is 40.3 Å². The third kappa shape index (κ3) is 3.23. The Morgan fingerprint density at radius 2 is 2.10 bits per heavy atom. The monoisotopic (exact) mass is 409 g/mol. The number of fused-ring (bicyclic) bond motifs is 1. The molecule has 0 radical (unpaired) electrons. The Morgan fingerprint density at radius 1 is 1.33 bits per heavy atom. The molecule has 0 unspecified atom stereocenters. The number of hydrogen-bond acceptors (Lipinski definition) is 6. The zero-order valence-electron chi connectivity index (χ0n) is 17.5. The smallest absolute Gasteiger partial charge is 0.253 e. The van der Waals surface area contributed by atoms with Crippen LogP contribution in [0.25, 0.3) is 16.7 Å². The van der Waals surface area contributed by atoms with Gasteiger partial charge in [-0.05, 0) is 51.4 Å². The van der Waals surface area contributed by atoms with E-state index in [1.54, 1.807) is 23.6 Å². The summed E-state index contributed by atoms with van der Waals surface area (Å²) < 4.78 is 7.73. The van der Waals surface area contributed by atoms with Crippen molar-refractivity contribution in [3.05, 3.63) is 40.5 Å². The molecule has 8 heteroatoms. The summed E-state index contributed by atoms with van der Waals surface area (Å²) in [4.78, 5) is 17.0. The third-order valence-corrected chi connectivity index (χ3v) is 5.82. The molecule has 1 amide bonds. The number of ether oxygens (including phenoxy) is 1. The van der Waals surface area contributed by atoms with Crippen LogP contribution >= 0.6 is 0 Å². The van der Waals surface area contributed by atoms with Crippen molar-refractivity contribution in [3.63, 3.8) is 0 Å². The van der Waals surface area contributed by atoms with Crippen LogP contribution in [0.5, 0.6) is 11.6 Å². The van der Waals surface area contributed by atoms with Gasteiger partial charge in [0.05, 0.1) is 17.9 Å². The Morgan fingerprint density at radius 3 is 2.77 bits per heavy atom. The summed E-state index contributed by atoms with van der Waals surface area (Å²) in [5.74, 6) is 0.641. The van der Waals surface area contributed by atoms with Gasteiger partial charge in [-0.2, -0.15) is 4.98 Å². The van der Waals surface area contributed by atoms with E-state index in [9.17, 15) is 9.90 Å². The van der Waals surface area contributed by atoms with Gasteiger partial charge in [-0.1, -0.05) is 6.07 Å². The number of nitrogens with one attached hydrogen (secondary N) is 1. The molecule has 2 aromatic heterocycles. The molecule has 3 heterocycles. The zero-order valence-corrected chi connectivity index (χ0v) is 17.5. The van der Waals surface area contributed by atoms with Crippen molar-refractivity contribution in [2.45, 2.75) is 27.2 Å². The number of aromatic nitrogens is 2. The maximum absolute atomic E-state index is 12.2. The van der Waals surface area contributed by atoms with E-state index >= 15 is 0 Å². The van der Waals surface area contributed by atoms with Crippen molar-refractivity contribution in [2.24, 2.45) is 11.7 Å². The van der Waals surface area contributed by atoms with E-state index in [0.717, 1.165) is 30.6 Å². The maximum Gasteiger partial charge on any atom is 0.253 e. The summed E-state index contributed by atoms with van der Waals surface area (Å²) in [5, 5.41) is 14.2. The molecule has 4 rings (SSSR count). The van der Waals surface area contributed by atoms with E-state index in [1.807, 2.05) is 19.9 Å². The summed E-state index contributed by atoms with van der Waals surface area (Å²) in [5.41, 5.74) is 15.7. The number of aryl methyl sites for hydroxylation is 2. The van der Waals surface area contributed by atoms with E-state index < -0.39 is 5.91 Å². The van der Waals surface area contributed by atoms with Gasteiger partial charge in [-0.15, -0.1) is 0 Å². The molecule has 158 valence electrons. The molecule has 1 aliphatic heterocycles. The van der Waals surface area contributed by atoms with Crippen LogP contribution < -0.4 is 21.5 Å². The van der Waals surface area contributed by atoms with Crippen LogP contribution in [0.4, 0.5) is 5.82 Å². The molecule has 0 spiro atoms. The zero-order chi connectivity index (χ0) is 21.6. The number of nitrogens with zero attached hydrogens (tertiary/aromatic N) is 2. The van der Waals surface area contributed by atoms with Crippen LogP contribution in [0.3, 0.4) is 0 Å². The van der Waals surface area contributed by atoms with E-state index in [1.165, 1.54) is 0 Å². The summed E-state index contributed by atoms with van der Waals surface area (Å²) in [6, 6.07) is 5.27. The quantitative estimate of drug-likeness (QED) is 0.512. The number of nitrogen functional groups attached to an aromatic ring is 1. The fourth-order valence-corrected chi connectivity index (χ4v) is 4.16. The number of amides is 1. The van der Waals surface area contributed by atoms with Gasteiger partial charge in [0.1, 0.15) is 11.6 Å². The Labute approximate surface area is 174 Å². The highest BCUT2D eigenvalue weighted by atomic mass is 16.5. The first kappa shape index (κ1) is 20.0. The number of aromatic hydroxyl groups is 1. The molecule has 3 aromatic rings. The molecule has 30 heavy (non-hydrogen) atoms. The molecule has 1 aliphatic rings. The van der Waals surface area contributed by atoms with Crippen molar-refractivity contribution in [1.29, 1.82) is 0 Å². The number of benzene rings is 1. The summed E-state index contributed by atoms with van der Waals surface area (Å²) in [6.45, 7) is 8.09. The second kappa shape index (κ2) is 7.53. The number of nitrogens with two attached hydrogens (primary N) is 2. The molecule has 0 saturated carbocycles. The van der Waals surface area contributed by atoms with Crippen molar-refractivity contribution in [2.75, 3.05) is 25.4 Å². The summed E-state index contributed by atoms with van der Waals surface area (Å²) in [6.07, 6.45) is 1.07. The predicted molar refractivity (Wildman–Crippen MR) is 116 cm³/mol. The lowest BCUT2D eigenvalue weighted by Gasteiger charge is -2.16. The first-order chi connectivity index (χ1) is 14.3. The van der Waals surface area contributed by atoms with Crippen molar-refractivity contribution < 1.29 is 14.6 Å². The number of phenols is 1. The van der Waals surface area contributed by atoms with Crippen LogP contribution in [0.2, 0.25) is 0 Å². The SMILES string of the molecule is Cc1cc2c(C(N)=O)c(N)n(-c3c(C)ccc(O)c3C)c2nc1OC[C@@H]1CCNC1. The molecule has 0 aliphatic carbocycles. The molecule has 8 nitrogen and oxygen atoms in total. The molecule has 1 fully saturated rings. The number of phenolic OH excluding ortho intramolecular Hbond substituents is 1. The van der Waals surface area contributed by atoms with Crippen molar-refractivity contribution in [1.82, 2.24) is 14.9 Å². The molecule has 6 N–H and O–H groups in total. The number of anilines is 1. The van der Waals surface area contributed by atoms with Gasteiger partial charge >= 0.3 is 0 Å². The normalized spacial score (nSPS) is 16.3. The molecule has 0 bridgehead atoms. The highest BCUT2D eigenvalue weighted by Gasteiger charge is 2.25. The Balaban J connectivity index is 1.93. The Kier molecular flexibility index (Phi) is 5.03. The molecular weight excluding hydrogens is 382 g/mol.